The number of guanidine groups is 1. The Morgan fingerprint density at radius 3 is 2.50 bits per heavy atom. The average molecular weight is 361 g/mol. The third-order valence-electron chi connectivity index (χ3n) is 5.27. The molecule has 146 valence electrons. The van der Waals surface area contributed by atoms with Gasteiger partial charge in [0.05, 0.1) is 5.60 Å². The number of likely N-dealkylation sites (tertiary alicyclic amines) is 1. The van der Waals surface area contributed by atoms with Gasteiger partial charge in [-0.2, -0.15) is 0 Å². The second-order valence-electron chi connectivity index (χ2n) is 7.87. The second kappa shape index (κ2) is 9.93. The number of benzene rings is 1. The monoisotopic (exact) mass is 360 g/mol. The minimum absolute atomic E-state index is 0.217. The van der Waals surface area contributed by atoms with Crippen LogP contribution < -0.4 is 10.6 Å². The standard InChI is InChI=1S/C21H36N4O/c1-17-8-6-7-13-25(17)15-19-11-9-18(10-12-19)14-23-20(22-4)24-16-21(2,3)26-5/h9-12,17H,6-8,13-16H2,1-5H3,(H2,22,23,24). The highest BCUT2D eigenvalue weighted by Crippen LogP contribution is 2.19. The smallest absolute Gasteiger partial charge is 0.191 e. The van der Waals surface area contributed by atoms with Crippen molar-refractivity contribution in [1.29, 1.82) is 0 Å². The third kappa shape index (κ3) is 6.61. The van der Waals surface area contributed by atoms with Crippen molar-refractivity contribution in [2.24, 2.45) is 4.99 Å². The van der Waals surface area contributed by atoms with E-state index in [-0.39, 0.29) is 5.60 Å². The van der Waals surface area contributed by atoms with Gasteiger partial charge in [0.2, 0.25) is 0 Å². The lowest BCUT2D eigenvalue weighted by atomic mass is 10.0. The number of ether oxygens (including phenoxy) is 1. The lowest BCUT2D eigenvalue weighted by Gasteiger charge is -2.33. The van der Waals surface area contributed by atoms with Gasteiger partial charge in [-0.25, -0.2) is 0 Å². The molecule has 0 saturated carbocycles. The minimum Gasteiger partial charge on any atom is -0.377 e. The van der Waals surface area contributed by atoms with Crippen LogP contribution in [0.15, 0.2) is 29.3 Å². The number of aliphatic imine (C=N–C) groups is 1. The zero-order valence-electron chi connectivity index (χ0n) is 17.1. The van der Waals surface area contributed by atoms with Gasteiger partial charge in [0.25, 0.3) is 0 Å². The van der Waals surface area contributed by atoms with Crippen LogP contribution in [-0.4, -0.2) is 49.7 Å². The van der Waals surface area contributed by atoms with E-state index in [9.17, 15) is 0 Å². The first-order valence-corrected chi connectivity index (χ1v) is 9.75. The summed E-state index contributed by atoms with van der Waals surface area (Å²) in [6.07, 6.45) is 4.03. The summed E-state index contributed by atoms with van der Waals surface area (Å²) in [5.74, 6) is 0.793. The summed E-state index contributed by atoms with van der Waals surface area (Å²) in [5, 5.41) is 6.67. The summed E-state index contributed by atoms with van der Waals surface area (Å²) in [6.45, 7) is 10.2. The van der Waals surface area contributed by atoms with Crippen LogP contribution in [0.3, 0.4) is 0 Å². The van der Waals surface area contributed by atoms with E-state index in [0.717, 1.165) is 19.0 Å². The lowest BCUT2D eigenvalue weighted by molar-refractivity contribution is 0.0268. The number of hydrogen-bond donors (Lipinski definition) is 2. The Morgan fingerprint density at radius 2 is 1.88 bits per heavy atom. The van der Waals surface area contributed by atoms with Crippen LogP contribution in [0.4, 0.5) is 0 Å². The fourth-order valence-corrected chi connectivity index (χ4v) is 3.16. The second-order valence-corrected chi connectivity index (χ2v) is 7.87. The first kappa shape index (κ1) is 20.7. The highest BCUT2D eigenvalue weighted by molar-refractivity contribution is 5.79. The molecule has 1 aliphatic heterocycles. The summed E-state index contributed by atoms with van der Waals surface area (Å²) in [7, 11) is 3.52. The number of piperidine rings is 1. The van der Waals surface area contributed by atoms with Crippen LogP contribution in [0.1, 0.15) is 51.2 Å². The molecule has 1 fully saturated rings. The highest BCUT2D eigenvalue weighted by Gasteiger charge is 2.18. The van der Waals surface area contributed by atoms with Gasteiger partial charge in [-0.15, -0.1) is 0 Å². The van der Waals surface area contributed by atoms with E-state index in [1.54, 1.807) is 14.2 Å². The highest BCUT2D eigenvalue weighted by atomic mass is 16.5. The fourth-order valence-electron chi connectivity index (χ4n) is 3.16. The Morgan fingerprint density at radius 1 is 1.19 bits per heavy atom. The molecule has 2 rings (SSSR count). The maximum Gasteiger partial charge on any atom is 0.191 e. The van der Waals surface area contributed by atoms with Crippen molar-refractivity contribution in [2.75, 3.05) is 27.2 Å². The molecule has 26 heavy (non-hydrogen) atoms. The van der Waals surface area contributed by atoms with Gasteiger partial charge in [-0.05, 0) is 51.3 Å². The summed E-state index contributed by atoms with van der Waals surface area (Å²) >= 11 is 0. The van der Waals surface area contributed by atoms with Gasteiger partial charge in [0, 0.05) is 39.8 Å². The number of nitrogens with one attached hydrogen (secondary N) is 2. The van der Waals surface area contributed by atoms with Crippen LogP contribution in [-0.2, 0) is 17.8 Å². The molecule has 1 aliphatic rings. The Kier molecular flexibility index (Phi) is 7.91. The van der Waals surface area contributed by atoms with E-state index >= 15 is 0 Å². The molecule has 0 aliphatic carbocycles. The molecule has 1 saturated heterocycles. The summed E-state index contributed by atoms with van der Waals surface area (Å²) in [4.78, 5) is 6.87. The topological polar surface area (TPSA) is 48.9 Å². The van der Waals surface area contributed by atoms with Gasteiger partial charge < -0.3 is 15.4 Å². The van der Waals surface area contributed by atoms with Crippen LogP contribution >= 0.6 is 0 Å². The van der Waals surface area contributed by atoms with Crippen molar-refractivity contribution in [3.8, 4) is 0 Å². The van der Waals surface area contributed by atoms with Crippen LogP contribution in [0, 0.1) is 0 Å². The largest absolute Gasteiger partial charge is 0.377 e. The van der Waals surface area contributed by atoms with Crippen LogP contribution in [0.5, 0.6) is 0 Å². The molecule has 0 amide bonds. The van der Waals surface area contributed by atoms with Crippen LogP contribution in [0.25, 0.3) is 0 Å². The van der Waals surface area contributed by atoms with Gasteiger partial charge in [-0.1, -0.05) is 30.7 Å². The molecular weight excluding hydrogens is 324 g/mol. The van der Waals surface area contributed by atoms with Crippen molar-refractivity contribution in [3.05, 3.63) is 35.4 Å². The summed E-state index contributed by atoms with van der Waals surface area (Å²) < 4.78 is 5.43. The minimum atomic E-state index is -0.217. The Hall–Kier alpha value is -1.59. The zero-order chi connectivity index (χ0) is 19.0. The molecule has 5 heteroatoms. The van der Waals surface area contributed by atoms with Crippen molar-refractivity contribution in [2.45, 2.75) is 64.8 Å². The van der Waals surface area contributed by atoms with Gasteiger partial charge in [-0.3, -0.25) is 9.89 Å². The molecule has 0 radical (unpaired) electrons. The zero-order valence-corrected chi connectivity index (χ0v) is 17.1. The quantitative estimate of drug-likeness (QED) is 0.579. The number of nitrogens with zero attached hydrogens (tertiary/aromatic N) is 2. The Labute approximate surface area is 159 Å². The maximum absolute atomic E-state index is 5.43. The molecule has 0 spiro atoms. The van der Waals surface area contributed by atoms with Crippen LogP contribution in [0.2, 0.25) is 0 Å². The fraction of sp³-hybridized carbons (Fsp3) is 0.667. The first-order chi connectivity index (χ1) is 12.4. The summed E-state index contributed by atoms with van der Waals surface area (Å²) in [5.41, 5.74) is 2.44. The molecule has 1 heterocycles. The van der Waals surface area contributed by atoms with E-state index in [4.69, 9.17) is 4.74 Å². The molecule has 1 atom stereocenters. The van der Waals surface area contributed by atoms with Crippen molar-refractivity contribution in [3.63, 3.8) is 0 Å². The Balaban J connectivity index is 1.80. The molecule has 0 bridgehead atoms. The molecule has 1 aromatic rings. The SMILES string of the molecule is CN=C(NCc1ccc(CN2CCCCC2C)cc1)NCC(C)(C)OC. The van der Waals surface area contributed by atoms with Gasteiger partial charge in [0.1, 0.15) is 0 Å². The first-order valence-electron chi connectivity index (χ1n) is 9.75. The number of rotatable bonds is 7. The van der Waals surface area contributed by atoms with Crippen molar-refractivity contribution < 1.29 is 4.74 Å². The number of hydrogen-bond acceptors (Lipinski definition) is 3. The van der Waals surface area contributed by atoms with E-state index in [2.05, 4.69) is 65.6 Å². The van der Waals surface area contributed by atoms with Gasteiger partial charge in [0.15, 0.2) is 5.96 Å². The molecule has 1 unspecified atom stereocenters. The third-order valence-corrected chi connectivity index (χ3v) is 5.27. The average Bonchev–Trinajstić information content (AvgIpc) is 2.65. The predicted octanol–water partition coefficient (Wildman–Crippen LogP) is 3.15. The molecule has 5 nitrogen and oxygen atoms in total. The van der Waals surface area contributed by atoms with E-state index in [1.165, 1.54) is 36.9 Å². The Bertz CT molecular complexity index is 568. The van der Waals surface area contributed by atoms with E-state index in [0.29, 0.717) is 12.6 Å². The van der Waals surface area contributed by atoms with Crippen molar-refractivity contribution in [1.82, 2.24) is 15.5 Å². The number of methoxy groups -OCH3 is 1. The maximum atomic E-state index is 5.43. The normalized spacial score (nSPS) is 19.4. The molecule has 2 N–H and O–H groups in total. The van der Waals surface area contributed by atoms with Crippen molar-refractivity contribution >= 4 is 5.96 Å². The molecular formula is C21H36N4O. The van der Waals surface area contributed by atoms with E-state index in [1.807, 2.05) is 0 Å². The molecule has 0 aromatic heterocycles. The van der Waals surface area contributed by atoms with Gasteiger partial charge >= 0.3 is 0 Å². The molecule has 1 aromatic carbocycles. The predicted molar refractivity (Wildman–Crippen MR) is 109 cm³/mol. The van der Waals surface area contributed by atoms with E-state index < -0.39 is 0 Å². The summed E-state index contributed by atoms with van der Waals surface area (Å²) in [6, 6.07) is 9.63. The lowest BCUT2D eigenvalue weighted by Crippen LogP contribution is -2.45.